The van der Waals surface area contributed by atoms with Crippen LogP contribution in [0.4, 0.5) is 0 Å². The molecule has 0 aliphatic rings. The molecule has 2 N–H and O–H groups in total. The highest BCUT2D eigenvalue weighted by Gasteiger charge is 2.17. The van der Waals surface area contributed by atoms with E-state index in [1.165, 1.54) is 0 Å². The topological polar surface area (TPSA) is 27.8 Å². The fourth-order valence-corrected chi connectivity index (χ4v) is 3.17. The van der Waals surface area contributed by atoms with E-state index in [2.05, 4.69) is 50.1 Å². The van der Waals surface area contributed by atoms with Gasteiger partial charge in [-0.3, -0.25) is 0 Å². The SMILES string of the molecule is CC(C)C(CNCc1[nH]c2ccccc2c1Cl)C(C)C. The monoisotopic (exact) mass is 292 g/mol. The van der Waals surface area contributed by atoms with Gasteiger partial charge in [0.1, 0.15) is 0 Å². The Morgan fingerprint density at radius 1 is 1.10 bits per heavy atom. The van der Waals surface area contributed by atoms with Gasteiger partial charge in [0.05, 0.1) is 5.02 Å². The zero-order valence-electron chi connectivity index (χ0n) is 12.8. The molecule has 3 heteroatoms. The molecule has 0 bridgehead atoms. The van der Waals surface area contributed by atoms with Crippen LogP contribution in [0, 0.1) is 17.8 Å². The highest BCUT2D eigenvalue weighted by Crippen LogP contribution is 2.27. The summed E-state index contributed by atoms with van der Waals surface area (Å²) in [7, 11) is 0. The molecule has 2 nitrogen and oxygen atoms in total. The van der Waals surface area contributed by atoms with Crippen LogP contribution in [-0.4, -0.2) is 11.5 Å². The van der Waals surface area contributed by atoms with E-state index < -0.39 is 0 Å². The molecule has 0 aliphatic heterocycles. The first kappa shape index (κ1) is 15.4. The Kier molecular flexibility index (Phi) is 5.11. The standard InChI is InChI=1S/C17H25ClN2/c1-11(2)14(12(3)4)9-19-10-16-17(18)13-7-5-6-8-15(13)20-16/h5-8,11-12,14,19-20H,9-10H2,1-4H3. The molecule has 110 valence electrons. The van der Waals surface area contributed by atoms with Crippen molar-refractivity contribution in [2.24, 2.45) is 17.8 Å². The van der Waals surface area contributed by atoms with Crippen LogP contribution in [0.5, 0.6) is 0 Å². The van der Waals surface area contributed by atoms with E-state index in [1.807, 2.05) is 12.1 Å². The summed E-state index contributed by atoms with van der Waals surface area (Å²) < 4.78 is 0. The molecule has 0 spiro atoms. The molecule has 0 atom stereocenters. The smallest absolute Gasteiger partial charge is 0.0705 e. The first-order valence-corrected chi connectivity index (χ1v) is 7.84. The van der Waals surface area contributed by atoms with Crippen LogP contribution in [0.15, 0.2) is 24.3 Å². The lowest BCUT2D eigenvalue weighted by Crippen LogP contribution is -2.29. The van der Waals surface area contributed by atoms with Gasteiger partial charge in [-0.05, 0) is 30.4 Å². The van der Waals surface area contributed by atoms with Crippen molar-refractivity contribution in [3.05, 3.63) is 35.0 Å². The largest absolute Gasteiger partial charge is 0.356 e. The van der Waals surface area contributed by atoms with Crippen LogP contribution in [0.25, 0.3) is 10.9 Å². The van der Waals surface area contributed by atoms with Crippen LogP contribution in [0.2, 0.25) is 5.02 Å². The number of para-hydroxylation sites is 1. The van der Waals surface area contributed by atoms with Crippen molar-refractivity contribution in [1.29, 1.82) is 0 Å². The van der Waals surface area contributed by atoms with Gasteiger partial charge in [-0.1, -0.05) is 57.5 Å². The maximum Gasteiger partial charge on any atom is 0.0705 e. The molecule has 0 fully saturated rings. The minimum Gasteiger partial charge on any atom is -0.356 e. The van der Waals surface area contributed by atoms with Crippen molar-refractivity contribution < 1.29 is 0 Å². The molecule has 0 radical (unpaired) electrons. The van der Waals surface area contributed by atoms with Crippen LogP contribution in [-0.2, 0) is 6.54 Å². The third kappa shape index (κ3) is 3.36. The van der Waals surface area contributed by atoms with E-state index in [9.17, 15) is 0 Å². The Morgan fingerprint density at radius 2 is 1.75 bits per heavy atom. The summed E-state index contributed by atoms with van der Waals surface area (Å²) in [6.07, 6.45) is 0. The average Bonchev–Trinajstić information content (AvgIpc) is 2.71. The van der Waals surface area contributed by atoms with Crippen molar-refractivity contribution in [2.75, 3.05) is 6.54 Å². The number of fused-ring (bicyclic) bond motifs is 1. The molecule has 1 heterocycles. The predicted molar refractivity (Wildman–Crippen MR) is 88.2 cm³/mol. The molecular weight excluding hydrogens is 268 g/mol. The molecule has 1 aromatic heterocycles. The van der Waals surface area contributed by atoms with Crippen LogP contribution in [0.1, 0.15) is 33.4 Å². The van der Waals surface area contributed by atoms with Crippen LogP contribution < -0.4 is 5.32 Å². The Labute approximate surface area is 126 Å². The number of aromatic amines is 1. The summed E-state index contributed by atoms with van der Waals surface area (Å²) in [5, 5.41) is 5.50. The number of nitrogens with one attached hydrogen (secondary N) is 2. The Morgan fingerprint density at radius 3 is 2.35 bits per heavy atom. The Balaban J connectivity index is 2.01. The number of rotatable bonds is 6. The van der Waals surface area contributed by atoms with Crippen LogP contribution >= 0.6 is 11.6 Å². The van der Waals surface area contributed by atoms with E-state index in [-0.39, 0.29) is 0 Å². The first-order valence-electron chi connectivity index (χ1n) is 7.46. The van der Waals surface area contributed by atoms with Crippen molar-refractivity contribution in [3.8, 4) is 0 Å². The van der Waals surface area contributed by atoms with Gasteiger partial charge in [0.2, 0.25) is 0 Å². The number of aromatic nitrogens is 1. The third-order valence-corrected chi connectivity index (χ3v) is 4.54. The summed E-state index contributed by atoms with van der Waals surface area (Å²) in [4.78, 5) is 3.40. The maximum absolute atomic E-state index is 6.43. The number of benzene rings is 1. The van der Waals surface area contributed by atoms with E-state index in [1.54, 1.807) is 0 Å². The van der Waals surface area contributed by atoms with Crippen LogP contribution in [0.3, 0.4) is 0 Å². The second-order valence-electron chi connectivity index (χ2n) is 6.25. The van der Waals surface area contributed by atoms with E-state index in [0.29, 0.717) is 17.8 Å². The quantitative estimate of drug-likeness (QED) is 0.783. The summed E-state index contributed by atoms with van der Waals surface area (Å²) >= 11 is 6.43. The van der Waals surface area contributed by atoms with Gasteiger partial charge in [0.25, 0.3) is 0 Å². The van der Waals surface area contributed by atoms with Crippen molar-refractivity contribution in [2.45, 2.75) is 34.2 Å². The highest BCUT2D eigenvalue weighted by molar-refractivity contribution is 6.36. The molecule has 0 aliphatic carbocycles. The van der Waals surface area contributed by atoms with Gasteiger partial charge in [0.15, 0.2) is 0 Å². The van der Waals surface area contributed by atoms with E-state index in [0.717, 1.165) is 34.7 Å². The van der Waals surface area contributed by atoms with E-state index in [4.69, 9.17) is 11.6 Å². The van der Waals surface area contributed by atoms with Gasteiger partial charge in [-0.2, -0.15) is 0 Å². The van der Waals surface area contributed by atoms with Crippen molar-refractivity contribution in [1.82, 2.24) is 10.3 Å². The average molecular weight is 293 g/mol. The van der Waals surface area contributed by atoms with Gasteiger partial charge < -0.3 is 10.3 Å². The minimum atomic E-state index is 0.693. The van der Waals surface area contributed by atoms with E-state index >= 15 is 0 Å². The summed E-state index contributed by atoms with van der Waals surface area (Å²) in [5.41, 5.74) is 2.19. The second kappa shape index (κ2) is 6.64. The number of halogens is 1. The van der Waals surface area contributed by atoms with Crippen molar-refractivity contribution >= 4 is 22.5 Å². The second-order valence-corrected chi connectivity index (χ2v) is 6.62. The fraction of sp³-hybridized carbons (Fsp3) is 0.529. The highest BCUT2D eigenvalue weighted by atomic mass is 35.5. The third-order valence-electron chi connectivity index (χ3n) is 4.11. The molecule has 2 aromatic rings. The molecule has 2 rings (SSSR count). The number of H-pyrrole nitrogens is 1. The lowest BCUT2D eigenvalue weighted by Gasteiger charge is -2.25. The zero-order chi connectivity index (χ0) is 14.7. The minimum absolute atomic E-state index is 0.693. The number of hydrogen-bond acceptors (Lipinski definition) is 1. The lowest BCUT2D eigenvalue weighted by molar-refractivity contribution is 0.275. The molecule has 20 heavy (non-hydrogen) atoms. The fourth-order valence-electron chi connectivity index (χ4n) is 2.89. The normalized spacial score (nSPS) is 12.2. The predicted octanol–water partition coefficient (Wildman–Crippen LogP) is 4.84. The van der Waals surface area contributed by atoms with Gasteiger partial charge in [-0.15, -0.1) is 0 Å². The van der Waals surface area contributed by atoms with Crippen molar-refractivity contribution in [3.63, 3.8) is 0 Å². The van der Waals surface area contributed by atoms with Gasteiger partial charge in [0, 0.05) is 23.1 Å². The summed E-state index contributed by atoms with van der Waals surface area (Å²) in [6.45, 7) is 11.0. The van der Waals surface area contributed by atoms with Gasteiger partial charge in [-0.25, -0.2) is 0 Å². The maximum atomic E-state index is 6.43. The lowest BCUT2D eigenvalue weighted by atomic mass is 9.85. The molecule has 0 saturated carbocycles. The Bertz CT molecular complexity index is 549. The molecule has 0 amide bonds. The summed E-state index contributed by atoms with van der Waals surface area (Å²) in [5.74, 6) is 2.08. The number of hydrogen-bond donors (Lipinski definition) is 2. The van der Waals surface area contributed by atoms with Gasteiger partial charge >= 0.3 is 0 Å². The molecule has 0 unspecified atom stereocenters. The Hall–Kier alpha value is -0.990. The zero-order valence-corrected chi connectivity index (χ0v) is 13.6. The molecular formula is C17H25ClN2. The first-order chi connectivity index (χ1) is 9.50. The molecule has 1 aromatic carbocycles. The summed E-state index contributed by atoms with van der Waals surface area (Å²) in [6, 6.07) is 8.17. The molecule has 0 saturated heterocycles.